The largest absolute Gasteiger partial charge is 0.488 e. The number of amides is 3. The van der Waals surface area contributed by atoms with Crippen molar-refractivity contribution >= 4 is 34.8 Å². The van der Waals surface area contributed by atoms with Crippen LogP contribution in [-0.2, 0) is 11.3 Å². The summed E-state index contributed by atoms with van der Waals surface area (Å²) in [5, 5.41) is 15.7. The number of aliphatic hydroxyl groups excluding tert-OH is 1. The molecule has 0 aromatic heterocycles. The van der Waals surface area contributed by atoms with Gasteiger partial charge in [0.15, 0.2) is 0 Å². The first-order chi connectivity index (χ1) is 21.1. The van der Waals surface area contributed by atoms with Gasteiger partial charge in [-0.05, 0) is 74.8 Å². The Balaban J connectivity index is 1.28. The average molecular weight is 600 g/mol. The van der Waals surface area contributed by atoms with Gasteiger partial charge in [-0.3, -0.25) is 19.3 Å². The molecule has 3 aromatic rings. The van der Waals surface area contributed by atoms with E-state index in [0.717, 1.165) is 18.4 Å². The van der Waals surface area contributed by atoms with Crippen molar-refractivity contribution in [2.45, 2.75) is 45.4 Å². The topological polar surface area (TPSA) is 137 Å². The predicted molar refractivity (Wildman–Crippen MR) is 171 cm³/mol. The number of nitrogen functional groups attached to an aromatic ring is 1. The molecule has 2 aliphatic rings. The second kappa shape index (κ2) is 13.5. The Bertz CT molecular complexity index is 1510. The summed E-state index contributed by atoms with van der Waals surface area (Å²) < 4.78 is 6.50. The number of likely N-dealkylation sites (N-methyl/N-ethyl adjacent to an activating group) is 1. The number of ether oxygens (including phenoxy) is 1. The highest BCUT2D eigenvalue weighted by atomic mass is 16.5. The van der Waals surface area contributed by atoms with Crippen LogP contribution in [0.4, 0.5) is 17.1 Å². The second-order valence-electron chi connectivity index (χ2n) is 12.0. The van der Waals surface area contributed by atoms with Crippen LogP contribution in [0.15, 0.2) is 66.7 Å². The van der Waals surface area contributed by atoms with E-state index in [1.54, 1.807) is 47.4 Å². The van der Waals surface area contributed by atoms with E-state index >= 15 is 0 Å². The number of para-hydroxylation sites is 2. The van der Waals surface area contributed by atoms with Gasteiger partial charge in [-0.25, -0.2) is 0 Å². The van der Waals surface area contributed by atoms with E-state index in [-0.39, 0.29) is 48.3 Å². The van der Waals surface area contributed by atoms with Crippen LogP contribution in [0.3, 0.4) is 0 Å². The predicted octanol–water partition coefficient (Wildman–Crippen LogP) is 4.22. The van der Waals surface area contributed by atoms with Gasteiger partial charge in [0.2, 0.25) is 5.91 Å². The van der Waals surface area contributed by atoms with Crippen molar-refractivity contribution in [3.63, 3.8) is 0 Å². The van der Waals surface area contributed by atoms with E-state index in [9.17, 15) is 19.5 Å². The molecule has 1 fully saturated rings. The van der Waals surface area contributed by atoms with E-state index in [0.29, 0.717) is 53.6 Å². The summed E-state index contributed by atoms with van der Waals surface area (Å²) in [5.41, 5.74) is 9.52. The molecule has 44 heavy (non-hydrogen) atoms. The molecular formula is C34H41N5O5. The molecule has 0 bridgehead atoms. The van der Waals surface area contributed by atoms with Crippen molar-refractivity contribution in [2.75, 3.05) is 43.1 Å². The number of nitrogens with two attached hydrogens (primary N) is 1. The lowest BCUT2D eigenvalue weighted by molar-refractivity contribution is -0.117. The average Bonchev–Trinajstić information content (AvgIpc) is 3.86. The van der Waals surface area contributed by atoms with Gasteiger partial charge in [0.1, 0.15) is 11.9 Å². The SMILES string of the molecule is C[C@H](CO)N1C[C@H](C)[C@H](CN(C)Cc2ccc(C(=O)Nc3ccccc3N)cc2)Oc2ccc(NC(=O)C3CC3)cc2C1=O. The first-order valence-corrected chi connectivity index (χ1v) is 15.1. The van der Waals surface area contributed by atoms with Crippen molar-refractivity contribution in [1.82, 2.24) is 9.80 Å². The van der Waals surface area contributed by atoms with Gasteiger partial charge in [-0.15, -0.1) is 0 Å². The maximum Gasteiger partial charge on any atom is 0.258 e. The molecule has 0 unspecified atom stereocenters. The molecule has 1 heterocycles. The van der Waals surface area contributed by atoms with E-state index in [4.69, 9.17) is 10.5 Å². The minimum Gasteiger partial charge on any atom is -0.488 e. The first-order valence-electron chi connectivity index (χ1n) is 15.1. The van der Waals surface area contributed by atoms with E-state index in [2.05, 4.69) is 15.5 Å². The standard InChI is InChI=1S/C34H41N5O5/c1-21-17-39(22(2)20-40)34(43)27-16-26(36-32(41)25-12-13-25)14-15-30(27)44-31(21)19-38(3)18-23-8-10-24(11-9-23)33(42)37-29-7-5-4-6-28(29)35/h4-11,14-16,21-22,25,31,40H,12-13,17-20,35H2,1-3H3,(H,36,41)(H,37,42)/t21-,22+,31-/m0/s1. The van der Waals surface area contributed by atoms with Crippen molar-refractivity contribution in [3.05, 3.63) is 83.4 Å². The molecule has 1 aliphatic heterocycles. The van der Waals surface area contributed by atoms with E-state index in [1.165, 1.54) is 0 Å². The molecule has 0 radical (unpaired) electrons. The Morgan fingerprint density at radius 2 is 1.82 bits per heavy atom. The number of carbonyl (C=O) groups is 3. The van der Waals surface area contributed by atoms with Crippen LogP contribution >= 0.6 is 0 Å². The van der Waals surface area contributed by atoms with Crippen LogP contribution in [0.25, 0.3) is 0 Å². The molecular weight excluding hydrogens is 558 g/mol. The third-order valence-electron chi connectivity index (χ3n) is 8.25. The van der Waals surface area contributed by atoms with Crippen LogP contribution in [0.5, 0.6) is 5.75 Å². The number of rotatable bonds is 10. The fraction of sp³-hybridized carbons (Fsp3) is 0.382. The zero-order valence-corrected chi connectivity index (χ0v) is 25.5. The van der Waals surface area contributed by atoms with Crippen molar-refractivity contribution in [3.8, 4) is 5.75 Å². The highest BCUT2D eigenvalue weighted by Gasteiger charge is 2.34. The zero-order valence-electron chi connectivity index (χ0n) is 25.5. The maximum atomic E-state index is 13.7. The second-order valence-corrected chi connectivity index (χ2v) is 12.0. The number of benzene rings is 3. The highest BCUT2D eigenvalue weighted by Crippen LogP contribution is 2.33. The van der Waals surface area contributed by atoms with Crippen LogP contribution in [-0.4, -0.2) is 71.5 Å². The fourth-order valence-corrected chi connectivity index (χ4v) is 5.36. The van der Waals surface area contributed by atoms with Crippen LogP contribution in [0, 0.1) is 11.8 Å². The minimum absolute atomic E-state index is 0.0331. The lowest BCUT2D eigenvalue weighted by Gasteiger charge is -2.38. The van der Waals surface area contributed by atoms with Crippen LogP contribution in [0.1, 0.15) is 53.0 Å². The van der Waals surface area contributed by atoms with Gasteiger partial charge in [0.05, 0.1) is 29.6 Å². The van der Waals surface area contributed by atoms with Crippen molar-refractivity contribution in [1.29, 1.82) is 0 Å². The Hall–Kier alpha value is -4.41. The first kappa shape index (κ1) is 31.0. The summed E-state index contributed by atoms with van der Waals surface area (Å²) in [5.74, 6) is -0.0419. The number of nitrogens with zero attached hydrogens (tertiary/aromatic N) is 2. The number of nitrogens with one attached hydrogen (secondary N) is 2. The number of carbonyl (C=O) groups excluding carboxylic acids is 3. The Kier molecular flexibility index (Phi) is 9.51. The van der Waals surface area contributed by atoms with Crippen LogP contribution in [0.2, 0.25) is 0 Å². The smallest absolute Gasteiger partial charge is 0.258 e. The maximum absolute atomic E-state index is 13.7. The van der Waals surface area contributed by atoms with Gasteiger partial charge in [0, 0.05) is 42.7 Å². The molecule has 0 spiro atoms. The Labute approximate surface area is 258 Å². The number of anilines is 3. The molecule has 3 atom stereocenters. The van der Waals surface area contributed by atoms with Crippen molar-refractivity contribution < 1.29 is 24.2 Å². The Morgan fingerprint density at radius 1 is 1.09 bits per heavy atom. The van der Waals surface area contributed by atoms with Crippen LogP contribution < -0.4 is 21.1 Å². The summed E-state index contributed by atoms with van der Waals surface area (Å²) in [6.45, 7) is 5.31. The number of fused-ring (bicyclic) bond motifs is 1. The lowest BCUT2D eigenvalue weighted by atomic mass is 9.99. The number of hydrogen-bond donors (Lipinski definition) is 4. The van der Waals surface area contributed by atoms with Gasteiger partial charge in [-0.2, -0.15) is 0 Å². The summed E-state index contributed by atoms with van der Waals surface area (Å²) in [6.07, 6.45) is 1.52. The molecule has 1 aliphatic carbocycles. The van der Waals surface area contributed by atoms with Gasteiger partial charge < -0.3 is 31.1 Å². The molecule has 232 valence electrons. The zero-order chi connectivity index (χ0) is 31.4. The quantitative estimate of drug-likeness (QED) is 0.256. The number of hydrogen-bond acceptors (Lipinski definition) is 7. The summed E-state index contributed by atoms with van der Waals surface area (Å²) >= 11 is 0. The molecule has 5 rings (SSSR count). The van der Waals surface area contributed by atoms with E-state index in [1.807, 2.05) is 45.2 Å². The molecule has 10 nitrogen and oxygen atoms in total. The normalized spacial score (nSPS) is 18.9. The highest BCUT2D eigenvalue weighted by molar-refractivity contribution is 6.05. The monoisotopic (exact) mass is 599 g/mol. The van der Waals surface area contributed by atoms with E-state index < -0.39 is 0 Å². The third-order valence-corrected chi connectivity index (χ3v) is 8.25. The molecule has 5 N–H and O–H groups in total. The van der Waals surface area contributed by atoms with Gasteiger partial charge in [-0.1, -0.05) is 31.2 Å². The summed E-state index contributed by atoms with van der Waals surface area (Å²) in [6, 6.07) is 19.4. The summed E-state index contributed by atoms with van der Waals surface area (Å²) in [4.78, 5) is 42.6. The third kappa shape index (κ3) is 7.38. The van der Waals surface area contributed by atoms with Gasteiger partial charge >= 0.3 is 0 Å². The Morgan fingerprint density at radius 3 is 2.50 bits per heavy atom. The lowest BCUT2D eigenvalue weighted by Crippen LogP contribution is -2.49. The number of aliphatic hydroxyl groups is 1. The summed E-state index contributed by atoms with van der Waals surface area (Å²) in [7, 11) is 2.00. The molecule has 3 aromatic carbocycles. The minimum atomic E-state index is -0.381. The van der Waals surface area contributed by atoms with Crippen molar-refractivity contribution in [2.24, 2.45) is 11.8 Å². The molecule has 10 heteroatoms. The van der Waals surface area contributed by atoms with Gasteiger partial charge in [0.25, 0.3) is 11.8 Å². The molecule has 1 saturated carbocycles. The molecule has 0 saturated heterocycles. The molecule has 3 amide bonds. The fourth-order valence-electron chi connectivity index (χ4n) is 5.36.